The molecule has 1 rings (SSSR count). The van der Waals surface area contributed by atoms with Gasteiger partial charge in [-0.2, -0.15) is 0 Å². The maximum absolute atomic E-state index is 11.5. The summed E-state index contributed by atoms with van der Waals surface area (Å²) in [7, 11) is 3.01. The Bertz CT molecular complexity index is 181. The highest BCUT2D eigenvalue weighted by molar-refractivity contribution is 5.79. The highest BCUT2D eigenvalue weighted by atomic mass is 16.6. The molecule has 0 atom stereocenters. The van der Waals surface area contributed by atoms with Crippen molar-refractivity contribution in [1.29, 1.82) is 0 Å². The Morgan fingerprint density at radius 3 is 2.00 bits per heavy atom. The summed E-state index contributed by atoms with van der Waals surface area (Å²) in [6, 6.07) is 0. The van der Waals surface area contributed by atoms with Gasteiger partial charge in [0, 0.05) is 7.11 Å². The van der Waals surface area contributed by atoms with Gasteiger partial charge < -0.3 is 9.47 Å². The lowest BCUT2D eigenvalue weighted by atomic mass is 9.79. The van der Waals surface area contributed by atoms with Crippen LogP contribution in [0.1, 0.15) is 46.5 Å². The van der Waals surface area contributed by atoms with Crippen molar-refractivity contribution >= 4 is 5.97 Å². The van der Waals surface area contributed by atoms with E-state index in [1.165, 1.54) is 7.11 Å². The molecule has 1 aliphatic carbocycles. The summed E-state index contributed by atoms with van der Waals surface area (Å²) in [6.45, 7) is 6.21. The molecule has 0 N–H and O–H groups in total. The van der Waals surface area contributed by atoms with E-state index in [4.69, 9.17) is 9.47 Å². The second-order valence-corrected chi connectivity index (χ2v) is 3.87. The van der Waals surface area contributed by atoms with Crippen LogP contribution in [0.25, 0.3) is 0 Å². The summed E-state index contributed by atoms with van der Waals surface area (Å²) in [6.07, 6.45) is 3.67. The van der Waals surface area contributed by atoms with Crippen LogP contribution < -0.4 is 0 Å². The van der Waals surface area contributed by atoms with E-state index in [1.54, 1.807) is 7.11 Å². The standard InChI is InChI=1S/C10H18O3.C2H6/c1-8-4-6-10(13-3,7-5-8)9(11)12-2;1-2/h8H,4-7H2,1-3H3;1-2H3. The van der Waals surface area contributed by atoms with E-state index < -0.39 is 5.60 Å². The molecule has 0 aliphatic heterocycles. The number of methoxy groups -OCH3 is 2. The smallest absolute Gasteiger partial charge is 0.338 e. The van der Waals surface area contributed by atoms with Gasteiger partial charge in [-0.1, -0.05) is 20.8 Å². The summed E-state index contributed by atoms with van der Waals surface area (Å²) in [5.41, 5.74) is -0.652. The molecular formula is C12H24O3. The highest BCUT2D eigenvalue weighted by Crippen LogP contribution is 2.35. The molecule has 3 nitrogen and oxygen atoms in total. The maximum Gasteiger partial charge on any atom is 0.338 e. The van der Waals surface area contributed by atoms with Crippen molar-refractivity contribution in [2.45, 2.75) is 52.1 Å². The van der Waals surface area contributed by atoms with E-state index in [-0.39, 0.29) is 5.97 Å². The molecule has 0 unspecified atom stereocenters. The molecule has 0 amide bonds. The van der Waals surface area contributed by atoms with Gasteiger partial charge in [-0.15, -0.1) is 0 Å². The Labute approximate surface area is 93.1 Å². The van der Waals surface area contributed by atoms with Crippen LogP contribution in [0.4, 0.5) is 0 Å². The lowest BCUT2D eigenvalue weighted by molar-refractivity contribution is -0.171. The average Bonchev–Trinajstić information content (AvgIpc) is 2.32. The zero-order valence-corrected chi connectivity index (χ0v) is 10.6. The fourth-order valence-electron chi connectivity index (χ4n) is 1.91. The first-order valence-electron chi connectivity index (χ1n) is 5.78. The van der Waals surface area contributed by atoms with E-state index >= 15 is 0 Å². The minimum Gasteiger partial charge on any atom is -0.467 e. The number of carbonyl (C=O) groups is 1. The Balaban J connectivity index is 0.000000921. The predicted molar refractivity (Wildman–Crippen MR) is 60.7 cm³/mol. The van der Waals surface area contributed by atoms with Gasteiger partial charge in [0.25, 0.3) is 0 Å². The Hall–Kier alpha value is -0.570. The van der Waals surface area contributed by atoms with Crippen LogP contribution in [-0.2, 0) is 14.3 Å². The Morgan fingerprint density at radius 1 is 1.20 bits per heavy atom. The molecule has 0 aromatic rings. The van der Waals surface area contributed by atoms with E-state index in [2.05, 4.69) is 6.92 Å². The van der Waals surface area contributed by atoms with Crippen LogP contribution in [0.2, 0.25) is 0 Å². The number of carbonyl (C=O) groups excluding carboxylic acids is 1. The lowest BCUT2D eigenvalue weighted by Gasteiger charge is -2.35. The van der Waals surface area contributed by atoms with E-state index in [1.807, 2.05) is 13.8 Å². The summed E-state index contributed by atoms with van der Waals surface area (Å²) in [5, 5.41) is 0. The fraction of sp³-hybridized carbons (Fsp3) is 0.917. The Morgan fingerprint density at radius 2 is 1.67 bits per heavy atom. The van der Waals surface area contributed by atoms with Crippen molar-refractivity contribution in [3.05, 3.63) is 0 Å². The van der Waals surface area contributed by atoms with Crippen LogP contribution in [-0.4, -0.2) is 25.8 Å². The van der Waals surface area contributed by atoms with Crippen molar-refractivity contribution in [2.24, 2.45) is 5.92 Å². The summed E-state index contributed by atoms with van der Waals surface area (Å²) in [4.78, 5) is 11.5. The quantitative estimate of drug-likeness (QED) is 0.666. The molecule has 0 saturated heterocycles. The van der Waals surface area contributed by atoms with Gasteiger partial charge in [-0.3, -0.25) is 0 Å². The average molecular weight is 216 g/mol. The van der Waals surface area contributed by atoms with Gasteiger partial charge in [-0.05, 0) is 31.6 Å². The predicted octanol–water partition coefficient (Wildman–Crippen LogP) is 2.78. The van der Waals surface area contributed by atoms with Crippen LogP contribution in [0.3, 0.4) is 0 Å². The number of hydrogen-bond acceptors (Lipinski definition) is 3. The molecule has 0 aromatic heterocycles. The molecule has 1 aliphatic rings. The van der Waals surface area contributed by atoms with Crippen molar-refractivity contribution in [3.8, 4) is 0 Å². The SMILES string of the molecule is CC.COC(=O)C1(OC)CCC(C)CC1. The third kappa shape index (κ3) is 3.49. The second-order valence-electron chi connectivity index (χ2n) is 3.87. The molecule has 1 saturated carbocycles. The van der Waals surface area contributed by atoms with Gasteiger partial charge in [0.15, 0.2) is 5.60 Å². The summed E-state index contributed by atoms with van der Waals surface area (Å²) >= 11 is 0. The number of hydrogen-bond donors (Lipinski definition) is 0. The maximum atomic E-state index is 11.5. The van der Waals surface area contributed by atoms with E-state index in [0.29, 0.717) is 5.92 Å². The molecular weight excluding hydrogens is 192 g/mol. The van der Waals surface area contributed by atoms with Crippen molar-refractivity contribution in [1.82, 2.24) is 0 Å². The molecule has 0 bridgehead atoms. The van der Waals surface area contributed by atoms with Crippen molar-refractivity contribution < 1.29 is 14.3 Å². The first-order valence-corrected chi connectivity index (χ1v) is 5.78. The third-order valence-corrected chi connectivity index (χ3v) is 3.03. The third-order valence-electron chi connectivity index (χ3n) is 3.03. The van der Waals surface area contributed by atoms with E-state index in [9.17, 15) is 4.79 Å². The topological polar surface area (TPSA) is 35.5 Å². The molecule has 15 heavy (non-hydrogen) atoms. The lowest BCUT2D eigenvalue weighted by Crippen LogP contribution is -2.44. The number of rotatable bonds is 2. The molecule has 3 heteroatoms. The second kappa shape index (κ2) is 6.83. The van der Waals surface area contributed by atoms with Gasteiger partial charge in [0.2, 0.25) is 0 Å². The fourth-order valence-corrected chi connectivity index (χ4v) is 1.91. The number of esters is 1. The molecule has 90 valence electrons. The van der Waals surface area contributed by atoms with Crippen LogP contribution in [0.5, 0.6) is 0 Å². The van der Waals surface area contributed by atoms with Gasteiger partial charge in [0.1, 0.15) is 0 Å². The largest absolute Gasteiger partial charge is 0.467 e. The molecule has 0 spiro atoms. The molecule has 0 aromatic carbocycles. The van der Waals surface area contributed by atoms with Crippen molar-refractivity contribution in [3.63, 3.8) is 0 Å². The van der Waals surface area contributed by atoms with Crippen molar-refractivity contribution in [2.75, 3.05) is 14.2 Å². The minimum atomic E-state index is -0.652. The Kier molecular flexibility index (Phi) is 6.57. The van der Waals surface area contributed by atoms with Crippen LogP contribution >= 0.6 is 0 Å². The highest BCUT2D eigenvalue weighted by Gasteiger charge is 2.42. The van der Waals surface area contributed by atoms with Crippen LogP contribution in [0.15, 0.2) is 0 Å². The van der Waals surface area contributed by atoms with E-state index in [0.717, 1.165) is 25.7 Å². The van der Waals surface area contributed by atoms with Gasteiger partial charge in [0.05, 0.1) is 7.11 Å². The summed E-state index contributed by atoms with van der Waals surface area (Å²) < 4.78 is 10.1. The molecule has 0 heterocycles. The minimum absolute atomic E-state index is 0.220. The normalized spacial score (nSPS) is 30.1. The molecule has 0 radical (unpaired) electrons. The zero-order chi connectivity index (χ0) is 11.9. The monoisotopic (exact) mass is 216 g/mol. The van der Waals surface area contributed by atoms with Crippen LogP contribution in [0, 0.1) is 5.92 Å². The zero-order valence-electron chi connectivity index (χ0n) is 10.6. The summed E-state index contributed by atoms with van der Waals surface area (Å²) in [5.74, 6) is 0.481. The van der Waals surface area contributed by atoms with Gasteiger partial charge in [-0.25, -0.2) is 4.79 Å². The first-order chi connectivity index (χ1) is 7.14. The van der Waals surface area contributed by atoms with Gasteiger partial charge >= 0.3 is 5.97 Å². The molecule has 1 fully saturated rings. The first kappa shape index (κ1) is 14.4. The number of ether oxygens (including phenoxy) is 2.